The summed E-state index contributed by atoms with van der Waals surface area (Å²) in [5.41, 5.74) is 3.57. The van der Waals surface area contributed by atoms with Crippen LogP contribution in [0.5, 0.6) is 0 Å². The number of carbonyl (C=O) groups is 1. The first-order valence-corrected chi connectivity index (χ1v) is 7.09. The topological polar surface area (TPSA) is 34.9 Å². The Balaban J connectivity index is 2.20. The molecule has 0 amide bonds. The fourth-order valence-corrected chi connectivity index (χ4v) is 2.43. The fourth-order valence-electron chi connectivity index (χ4n) is 2.19. The molecular weight excluding hydrogens is 272 g/mol. The van der Waals surface area contributed by atoms with Crippen molar-refractivity contribution in [2.45, 2.75) is 33.1 Å². The molecular formula is C16H19ClN2O. The van der Waals surface area contributed by atoms with Gasteiger partial charge in [0.2, 0.25) is 0 Å². The second-order valence-electron chi connectivity index (χ2n) is 5.36. The van der Waals surface area contributed by atoms with Gasteiger partial charge >= 0.3 is 0 Å². The van der Waals surface area contributed by atoms with Crippen LogP contribution >= 0.6 is 11.6 Å². The third-order valence-electron chi connectivity index (χ3n) is 3.51. The maximum Gasteiger partial charge on any atom is 0.167 e. The van der Waals surface area contributed by atoms with Gasteiger partial charge in [0.25, 0.3) is 0 Å². The average Bonchev–Trinajstić information content (AvgIpc) is 2.65. The van der Waals surface area contributed by atoms with Crippen LogP contribution in [-0.4, -0.2) is 15.6 Å². The summed E-state index contributed by atoms with van der Waals surface area (Å²) in [5, 5.41) is 4.76. The van der Waals surface area contributed by atoms with E-state index >= 15 is 0 Å². The Morgan fingerprint density at radius 2 is 1.90 bits per heavy atom. The average molecular weight is 291 g/mol. The molecule has 0 bridgehead atoms. The molecule has 1 aromatic heterocycles. The van der Waals surface area contributed by atoms with Gasteiger partial charge in [-0.1, -0.05) is 49.7 Å². The van der Waals surface area contributed by atoms with Crippen LogP contribution in [0.3, 0.4) is 0 Å². The van der Waals surface area contributed by atoms with E-state index in [0.717, 1.165) is 11.3 Å². The molecule has 20 heavy (non-hydrogen) atoms. The van der Waals surface area contributed by atoms with Gasteiger partial charge in [-0.05, 0) is 18.4 Å². The highest BCUT2D eigenvalue weighted by Gasteiger charge is 2.16. The lowest BCUT2D eigenvalue weighted by Crippen LogP contribution is -2.05. The molecule has 0 atom stereocenters. The summed E-state index contributed by atoms with van der Waals surface area (Å²) in [4.78, 5) is 12.3. The highest BCUT2D eigenvalue weighted by Crippen LogP contribution is 2.21. The molecule has 1 heterocycles. The number of hydrogen-bond donors (Lipinski definition) is 0. The predicted octanol–water partition coefficient (Wildman–Crippen LogP) is 3.93. The number of Topliss-reactive ketones (excluding diaryl/α,β-unsaturated/α-hetero) is 1. The molecule has 0 aliphatic rings. The zero-order chi connectivity index (χ0) is 14.9. The number of aryl methyl sites for hydroxylation is 2. The molecule has 0 N–H and O–H groups in total. The summed E-state index contributed by atoms with van der Waals surface area (Å²) in [5.74, 6) is 0.535. The minimum atomic E-state index is 0.0679. The fraction of sp³-hybridized carbons (Fsp3) is 0.375. The lowest BCUT2D eigenvalue weighted by molar-refractivity contribution is 0.0992. The number of ketones is 1. The highest BCUT2D eigenvalue weighted by molar-refractivity contribution is 6.30. The number of hydrogen-bond acceptors (Lipinski definition) is 2. The molecule has 0 spiro atoms. The zero-order valence-corrected chi connectivity index (χ0v) is 13.0. The normalized spacial score (nSPS) is 11.1. The molecule has 4 heteroatoms. The van der Waals surface area contributed by atoms with Crippen molar-refractivity contribution in [3.8, 4) is 0 Å². The Morgan fingerprint density at radius 3 is 2.35 bits per heavy atom. The van der Waals surface area contributed by atoms with Gasteiger partial charge in [0.15, 0.2) is 5.78 Å². The number of nitrogens with zero attached hydrogens (tertiary/aromatic N) is 2. The largest absolute Gasteiger partial charge is 0.294 e. The van der Waals surface area contributed by atoms with Gasteiger partial charge in [0.1, 0.15) is 5.15 Å². The summed E-state index contributed by atoms with van der Waals surface area (Å²) < 4.78 is 1.60. The lowest BCUT2D eigenvalue weighted by atomic mass is 9.98. The van der Waals surface area contributed by atoms with Crippen molar-refractivity contribution < 1.29 is 4.79 Å². The molecule has 2 rings (SSSR count). The minimum absolute atomic E-state index is 0.0679. The molecule has 0 aliphatic heterocycles. The molecule has 0 saturated carbocycles. The molecule has 106 valence electrons. The van der Waals surface area contributed by atoms with E-state index in [1.165, 1.54) is 5.56 Å². The van der Waals surface area contributed by atoms with E-state index in [0.29, 0.717) is 23.1 Å². The van der Waals surface area contributed by atoms with Gasteiger partial charge < -0.3 is 0 Å². The van der Waals surface area contributed by atoms with Crippen molar-refractivity contribution in [1.82, 2.24) is 9.78 Å². The minimum Gasteiger partial charge on any atom is -0.294 e. The Bertz CT molecular complexity index is 627. The van der Waals surface area contributed by atoms with Crippen molar-refractivity contribution in [2.24, 2.45) is 7.05 Å². The van der Waals surface area contributed by atoms with Crippen LogP contribution in [0, 0.1) is 6.92 Å². The Kier molecular flexibility index (Phi) is 4.29. The van der Waals surface area contributed by atoms with E-state index in [4.69, 9.17) is 11.6 Å². The van der Waals surface area contributed by atoms with Crippen molar-refractivity contribution in [3.63, 3.8) is 0 Å². The van der Waals surface area contributed by atoms with Crippen LogP contribution in [0.2, 0.25) is 5.15 Å². The van der Waals surface area contributed by atoms with E-state index in [2.05, 4.69) is 18.9 Å². The first-order chi connectivity index (χ1) is 9.40. The first kappa shape index (κ1) is 14.8. The summed E-state index contributed by atoms with van der Waals surface area (Å²) in [6, 6.07) is 7.79. The van der Waals surface area contributed by atoms with Crippen LogP contribution in [0.4, 0.5) is 0 Å². The van der Waals surface area contributed by atoms with Crippen molar-refractivity contribution >= 4 is 17.4 Å². The van der Waals surface area contributed by atoms with Gasteiger partial charge in [0.05, 0.1) is 5.69 Å². The van der Waals surface area contributed by atoms with Gasteiger partial charge in [0, 0.05) is 24.6 Å². The van der Waals surface area contributed by atoms with E-state index in [9.17, 15) is 4.79 Å². The highest BCUT2D eigenvalue weighted by atomic mass is 35.5. The number of rotatable bonds is 4. The molecule has 2 aromatic rings. The van der Waals surface area contributed by atoms with Crippen LogP contribution in [0.1, 0.15) is 46.9 Å². The standard InChI is InChI=1S/C16H19ClN2O/c1-10(2)12-5-7-13(8-6-12)15(20)9-14-11(3)18-19(4)16(14)17/h5-8,10H,9H2,1-4H3. The molecule has 0 radical (unpaired) electrons. The molecule has 1 aromatic carbocycles. The third-order valence-corrected chi connectivity index (χ3v) is 3.98. The molecule has 0 fully saturated rings. The zero-order valence-electron chi connectivity index (χ0n) is 12.3. The van der Waals surface area contributed by atoms with Gasteiger partial charge in [-0.2, -0.15) is 5.10 Å². The smallest absolute Gasteiger partial charge is 0.167 e. The molecule has 0 saturated heterocycles. The van der Waals surface area contributed by atoms with Crippen molar-refractivity contribution in [2.75, 3.05) is 0 Å². The van der Waals surface area contributed by atoms with E-state index in [-0.39, 0.29) is 5.78 Å². The van der Waals surface area contributed by atoms with Crippen molar-refractivity contribution in [3.05, 3.63) is 51.8 Å². The predicted molar refractivity (Wildman–Crippen MR) is 81.5 cm³/mol. The maximum absolute atomic E-state index is 12.3. The second-order valence-corrected chi connectivity index (χ2v) is 5.71. The Labute approximate surface area is 124 Å². The van der Waals surface area contributed by atoms with E-state index in [1.54, 1.807) is 11.7 Å². The third kappa shape index (κ3) is 2.93. The summed E-state index contributed by atoms with van der Waals surface area (Å²) >= 11 is 6.16. The lowest BCUT2D eigenvalue weighted by Gasteiger charge is -2.06. The Hall–Kier alpha value is -1.61. The monoisotopic (exact) mass is 290 g/mol. The van der Waals surface area contributed by atoms with Crippen LogP contribution in [-0.2, 0) is 13.5 Å². The van der Waals surface area contributed by atoms with Crippen molar-refractivity contribution in [1.29, 1.82) is 0 Å². The van der Waals surface area contributed by atoms with Gasteiger partial charge in [-0.25, -0.2) is 0 Å². The molecule has 0 unspecified atom stereocenters. The molecule has 3 nitrogen and oxygen atoms in total. The summed E-state index contributed by atoms with van der Waals surface area (Å²) in [6.07, 6.45) is 0.291. The maximum atomic E-state index is 12.3. The SMILES string of the molecule is Cc1nn(C)c(Cl)c1CC(=O)c1ccc(C(C)C)cc1. The van der Waals surface area contributed by atoms with Crippen LogP contribution in [0.15, 0.2) is 24.3 Å². The van der Waals surface area contributed by atoms with Gasteiger partial charge in [-0.15, -0.1) is 0 Å². The first-order valence-electron chi connectivity index (χ1n) is 6.71. The Morgan fingerprint density at radius 1 is 1.30 bits per heavy atom. The van der Waals surface area contributed by atoms with Gasteiger partial charge in [-0.3, -0.25) is 9.48 Å². The van der Waals surface area contributed by atoms with E-state index < -0.39 is 0 Å². The number of carbonyl (C=O) groups excluding carboxylic acids is 1. The number of aromatic nitrogens is 2. The summed E-state index contributed by atoms with van der Waals surface area (Å²) in [6.45, 7) is 6.14. The van der Waals surface area contributed by atoms with Crippen LogP contribution in [0.25, 0.3) is 0 Å². The summed E-state index contributed by atoms with van der Waals surface area (Å²) in [7, 11) is 1.78. The molecule has 0 aliphatic carbocycles. The van der Waals surface area contributed by atoms with E-state index in [1.807, 2.05) is 31.2 Å². The second kappa shape index (κ2) is 5.80. The van der Waals surface area contributed by atoms with Crippen LogP contribution < -0.4 is 0 Å². The quantitative estimate of drug-likeness (QED) is 0.800. The number of halogens is 1. The number of benzene rings is 1.